The fraction of sp³-hybridized carbons (Fsp3) is 0.367. The zero-order valence-electron chi connectivity index (χ0n) is 22.1. The lowest BCUT2D eigenvalue weighted by Gasteiger charge is -2.29. The van der Waals surface area contributed by atoms with Gasteiger partial charge >= 0.3 is 6.09 Å². The summed E-state index contributed by atoms with van der Waals surface area (Å²) < 4.78 is 17.1. The number of ether oxygens (including phenoxy) is 3. The first kappa shape index (κ1) is 27.9. The summed E-state index contributed by atoms with van der Waals surface area (Å²) in [6.07, 6.45) is -0.701. The van der Waals surface area contributed by atoms with Crippen molar-refractivity contribution in [3.05, 3.63) is 90.0 Å². The molecule has 0 saturated heterocycles. The Balaban J connectivity index is 1.51. The van der Waals surface area contributed by atoms with Gasteiger partial charge in [0.1, 0.15) is 36.4 Å². The van der Waals surface area contributed by atoms with Crippen molar-refractivity contribution < 1.29 is 24.1 Å². The Morgan fingerprint density at radius 2 is 1.51 bits per heavy atom. The summed E-state index contributed by atoms with van der Waals surface area (Å²) in [5.74, 6) is 1.34. The van der Waals surface area contributed by atoms with Crippen molar-refractivity contribution in [3.63, 3.8) is 0 Å². The highest BCUT2D eigenvalue weighted by atomic mass is 16.6. The molecule has 37 heavy (non-hydrogen) atoms. The SMILES string of the molecule is CNc1ccc(CCN(C[C@H](O)COc2ccc(OCc3ccccc3)cc2)C(=O)OC(C)(C)C)cc1. The fourth-order valence-corrected chi connectivity index (χ4v) is 3.56. The molecule has 1 amide bonds. The second-order valence-corrected chi connectivity index (χ2v) is 9.83. The third-order valence-electron chi connectivity index (χ3n) is 5.51. The van der Waals surface area contributed by atoms with Crippen molar-refractivity contribution in [1.29, 1.82) is 0 Å². The highest BCUT2D eigenvalue weighted by molar-refractivity contribution is 5.68. The van der Waals surface area contributed by atoms with Gasteiger partial charge < -0.3 is 29.5 Å². The van der Waals surface area contributed by atoms with Gasteiger partial charge in [-0.25, -0.2) is 4.79 Å². The molecule has 2 N–H and O–H groups in total. The lowest BCUT2D eigenvalue weighted by molar-refractivity contribution is 0.00944. The molecule has 0 saturated carbocycles. The third-order valence-corrected chi connectivity index (χ3v) is 5.51. The van der Waals surface area contributed by atoms with Crippen molar-refractivity contribution in [1.82, 2.24) is 4.90 Å². The maximum atomic E-state index is 12.8. The molecule has 0 spiro atoms. The molecule has 0 heterocycles. The predicted octanol–water partition coefficient (Wildman–Crippen LogP) is 5.53. The van der Waals surface area contributed by atoms with Gasteiger partial charge in [-0.15, -0.1) is 0 Å². The molecule has 0 fully saturated rings. The van der Waals surface area contributed by atoms with Crippen molar-refractivity contribution in [2.45, 2.75) is 45.5 Å². The third kappa shape index (κ3) is 10.1. The molecule has 0 unspecified atom stereocenters. The topological polar surface area (TPSA) is 80.3 Å². The average Bonchev–Trinajstić information content (AvgIpc) is 2.89. The fourth-order valence-electron chi connectivity index (χ4n) is 3.56. The molecule has 7 nitrogen and oxygen atoms in total. The van der Waals surface area contributed by atoms with Crippen LogP contribution in [0, 0.1) is 0 Å². The van der Waals surface area contributed by atoms with Crippen LogP contribution < -0.4 is 14.8 Å². The number of aliphatic hydroxyl groups excluding tert-OH is 1. The van der Waals surface area contributed by atoms with E-state index in [4.69, 9.17) is 14.2 Å². The number of rotatable bonds is 12. The largest absolute Gasteiger partial charge is 0.491 e. The Kier molecular flexibility index (Phi) is 10.2. The van der Waals surface area contributed by atoms with E-state index in [1.54, 1.807) is 12.1 Å². The molecule has 0 aliphatic carbocycles. The van der Waals surface area contributed by atoms with E-state index in [0.717, 1.165) is 22.6 Å². The molecule has 3 aromatic carbocycles. The molecule has 0 bridgehead atoms. The number of anilines is 1. The Labute approximate surface area is 220 Å². The molecule has 0 aliphatic rings. The molecule has 3 rings (SSSR count). The molecule has 7 heteroatoms. The number of carbonyl (C=O) groups is 1. The van der Waals surface area contributed by atoms with E-state index in [1.807, 2.05) is 94.5 Å². The Hall–Kier alpha value is -3.71. The van der Waals surface area contributed by atoms with Crippen LogP contribution in [0.3, 0.4) is 0 Å². The van der Waals surface area contributed by atoms with Gasteiger partial charge in [-0.05, 0) is 74.7 Å². The second kappa shape index (κ2) is 13.6. The molecule has 0 radical (unpaired) electrons. The number of nitrogens with zero attached hydrogens (tertiary/aromatic N) is 1. The van der Waals surface area contributed by atoms with E-state index < -0.39 is 17.8 Å². The van der Waals surface area contributed by atoms with Gasteiger partial charge in [0, 0.05) is 19.3 Å². The van der Waals surface area contributed by atoms with Crippen LogP contribution >= 0.6 is 0 Å². The number of carbonyl (C=O) groups excluding carboxylic acids is 1. The van der Waals surface area contributed by atoms with E-state index >= 15 is 0 Å². The van der Waals surface area contributed by atoms with Gasteiger partial charge in [0.05, 0.1) is 6.54 Å². The average molecular weight is 507 g/mol. The van der Waals surface area contributed by atoms with Gasteiger partial charge in [-0.2, -0.15) is 0 Å². The van der Waals surface area contributed by atoms with Crippen molar-refractivity contribution in [2.24, 2.45) is 0 Å². The normalized spacial score (nSPS) is 11.9. The Bertz CT molecular complexity index is 1080. The first-order chi connectivity index (χ1) is 17.7. The summed E-state index contributed by atoms with van der Waals surface area (Å²) in [7, 11) is 1.87. The molecular weight excluding hydrogens is 468 g/mol. The molecule has 0 aromatic heterocycles. The summed E-state index contributed by atoms with van der Waals surface area (Å²) >= 11 is 0. The van der Waals surface area contributed by atoms with E-state index in [1.165, 1.54) is 4.90 Å². The molecule has 0 aliphatic heterocycles. The first-order valence-electron chi connectivity index (χ1n) is 12.5. The molecule has 3 aromatic rings. The van der Waals surface area contributed by atoms with E-state index in [-0.39, 0.29) is 13.2 Å². The van der Waals surface area contributed by atoms with Crippen LogP contribution in [0.5, 0.6) is 11.5 Å². The number of benzene rings is 3. The van der Waals surface area contributed by atoms with E-state index in [9.17, 15) is 9.90 Å². The lowest BCUT2D eigenvalue weighted by Crippen LogP contribution is -2.43. The standard InChI is InChI=1S/C30H38N2O5/c1-30(2,3)37-29(34)32(19-18-23-10-12-25(31-4)13-11-23)20-26(33)22-36-28-16-14-27(15-17-28)35-21-24-8-6-5-7-9-24/h5-17,26,31,33H,18-22H2,1-4H3/t26-/m0/s1. The molecule has 1 atom stereocenters. The number of nitrogens with one attached hydrogen (secondary N) is 1. The number of hydrogen-bond acceptors (Lipinski definition) is 6. The van der Waals surface area contributed by atoms with E-state index in [2.05, 4.69) is 5.32 Å². The van der Waals surface area contributed by atoms with Crippen LogP contribution in [0.2, 0.25) is 0 Å². The smallest absolute Gasteiger partial charge is 0.410 e. The van der Waals surface area contributed by atoms with E-state index in [0.29, 0.717) is 25.3 Å². The van der Waals surface area contributed by atoms with Crippen LogP contribution in [0.15, 0.2) is 78.9 Å². The van der Waals surface area contributed by atoms with Gasteiger partial charge in [-0.3, -0.25) is 0 Å². The zero-order valence-corrected chi connectivity index (χ0v) is 22.1. The minimum absolute atomic E-state index is 0.0420. The van der Waals surface area contributed by atoms with Crippen LogP contribution in [-0.4, -0.2) is 54.5 Å². The van der Waals surface area contributed by atoms with Crippen LogP contribution in [-0.2, 0) is 17.8 Å². The Morgan fingerprint density at radius 3 is 2.11 bits per heavy atom. The second-order valence-electron chi connectivity index (χ2n) is 9.83. The first-order valence-corrected chi connectivity index (χ1v) is 12.5. The lowest BCUT2D eigenvalue weighted by atomic mass is 10.1. The van der Waals surface area contributed by atoms with Gasteiger partial charge in [0.15, 0.2) is 0 Å². The minimum atomic E-state index is -0.881. The minimum Gasteiger partial charge on any atom is -0.491 e. The molecule has 198 valence electrons. The van der Waals surface area contributed by atoms with Gasteiger partial charge in [0.25, 0.3) is 0 Å². The zero-order chi connectivity index (χ0) is 26.7. The van der Waals surface area contributed by atoms with Crippen molar-refractivity contribution in [3.8, 4) is 11.5 Å². The summed E-state index contributed by atoms with van der Waals surface area (Å²) in [6, 6.07) is 25.2. The maximum absolute atomic E-state index is 12.8. The van der Waals surface area contributed by atoms with Crippen LogP contribution in [0.25, 0.3) is 0 Å². The maximum Gasteiger partial charge on any atom is 0.410 e. The van der Waals surface area contributed by atoms with Crippen molar-refractivity contribution >= 4 is 11.8 Å². The quantitative estimate of drug-likeness (QED) is 0.336. The van der Waals surface area contributed by atoms with Gasteiger partial charge in [-0.1, -0.05) is 42.5 Å². The molecular formula is C30H38N2O5. The predicted molar refractivity (Wildman–Crippen MR) is 146 cm³/mol. The number of amides is 1. The van der Waals surface area contributed by atoms with Crippen molar-refractivity contribution in [2.75, 3.05) is 32.1 Å². The Morgan fingerprint density at radius 1 is 0.892 bits per heavy atom. The highest BCUT2D eigenvalue weighted by Gasteiger charge is 2.24. The summed E-state index contributed by atoms with van der Waals surface area (Å²) in [6.45, 7) is 6.52. The highest BCUT2D eigenvalue weighted by Crippen LogP contribution is 2.19. The van der Waals surface area contributed by atoms with Gasteiger partial charge in [0.2, 0.25) is 0 Å². The van der Waals surface area contributed by atoms with Crippen LogP contribution in [0.4, 0.5) is 10.5 Å². The summed E-state index contributed by atoms with van der Waals surface area (Å²) in [4.78, 5) is 14.4. The number of hydrogen-bond donors (Lipinski definition) is 2. The van der Waals surface area contributed by atoms with Crippen LogP contribution in [0.1, 0.15) is 31.9 Å². The summed E-state index contributed by atoms with van der Waals surface area (Å²) in [5.41, 5.74) is 2.58. The number of aliphatic hydroxyl groups is 1. The summed E-state index contributed by atoms with van der Waals surface area (Å²) in [5, 5.41) is 13.7. The monoisotopic (exact) mass is 506 g/mol.